The van der Waals surface area contributed by atoms with Gasteiger partial charge >= 0.3 is 6.09 Å². The molecule has 7 heteroatoms. The highest BCUT2D eigenvalue weighted by Gasteiger charge is 2.16. The molecule has 0 spiro atoms. The van der Waals surface area contributed by atoms with Crippen LogP contribution in [0.2, 0.25) is 0 Å². The van der Waals surface area contributed by atoms with Crippen LogP contribution in [-0.2, 0) is 14.3 Å². The second-order valence-electron chi connectivity index (χ2n) is 7.43. The molecule has 4 N–H and O–H groups in total. The number of aldehydes is 1. The number of unbranched alkanes of at least 4 members (excludes halogenated alkanes) is 2. The minimum Gasteiger partial charge on any atom is -0.444 e. The number of nitrogens with one attached hydrogen (secondary N) is 2. The highest BCUT2D eigenvalue weighted by molar-refractivity contribution is 5.81. The molecule has 146 valence electrons. The van der Waals surface area contributed by atoms with E-state index < -0.39 is 17.7 Å². The first-order chi connectivity index (χ1) is 11.7. The Morgan fingerprint density at radius 3 is 2.16 bits per heavy atom. The van der Waals surface area contributed by atoms with E-state index in [2.05, 4.69) is 10.6 Å². The van der Waals surface area contributed by atoms with Gasteiger partial charge in [0.2, 0.25) is 5.91 Å². The molecule has 2 unspecified atom stereocenters. The lowest BCUT2D eigenvalue weighted by Gasteiger charge is -2.19. The van der Waals surface area contributed by atoms with Crippen LogP contribution >= 0.6 is 0 Å². The van der Waals surface area contributed by atoms with E-state index >= 15 is 0 Å². The van der Waals surface area contributed by atoms with Gasteiger partial charge in [0, 0.05) is 19.0 Å². The number of alkyl carbamates (subject to hydrolysis) is 1. The van der Waals surface area contributed by atoms with Gasteiger partial charge in [-0.3, -0.25) is 4.79 Å². The van der Waals surface area contributed by atoms with Gasteiger partial charge in [-0.15, -0.1) is 0 Å². The monoisotopic (exact) mass is 357 g/mol. The van der Waals surface area contributed by atoms with Gasteiger partial charge in [-0.1, -0.05) is 13.3 Å². The smallest absolute Gasteiger partial charge is 0.407 e. The van der Waals surface area contributed by atoms with Crippen molar-refractivity contribution < 1.29 is 19.1 Å². The van der Waals surface area contributed by atoms with E-state index in [4.69, 9.17) is 10.5 Å². The number of carbonyl (C=O) groups is 3. The number of ether oxygens (including phenoxy) is 1. The first-order valence-corrected chi connectivity index (χ1v) is 9.11. The zero-order valence-corrected chi connectivity index (χ0v) is 16.1. The van der Waals surface area contributed by atoms with Crippen LogP contribution in [0.5, 0.6) is 0 Å². The summed E-state index contributed by atoms with van der Waals surface area (Å²) < 4.78 is 5.13. The van der Waals surface area contributed by atoms with Crippen molar-refractivity contribution in [2.45, 2.75) is 77.9 Å². The maximum Gasteiger partial charge on any atom is 0.407 e. The molecule has 0 aromatic heterocycles. The fourth-order valence-electron chi connectivity index (χ4n) is 2.13. The highest BCUT2D eigenvalue weighted by Crippen LogP contribution is 2.07. The van der Waals surface area contributed by atoms with E-state index in [9.17, 15) is 14.4 Å². The molecule has 7 nitrogen and oxygen atoms in total. The van der Waals surface area contributed by atoms with Crippen molar-refractivity contribution in [3.63, 3.8) is 0 Å². The molecule has 0 aromatic rings. The molecule has 2 amide bonds. The second kappa shape index (κ2) is 12.7. The lowest BCUT2D eigenvalue weighted by molar-refractivity contribution is -0.122. The highest BCUT2D eigenvalue weighted by atomic mass is 16.6. The lowest BCUT2D eigenvalue weighted by atomic mass is 10.1. The average Bonchev–Trinajstić information content (AvgIpc) is 2.51. The quantitative estimate of drug-likeness (QED) is 0.366. The zero-order valence-electron chi connectivity index (χ0n) is 16.1. The minimum absolute atomic E-state index is 0.0762. The van der Waals surface area contributed by atoms with Crippen molar-refractivity contribution >= 4 is 18.3 Å². The number of rotatable bonds is 12. The van der Waals surface area contributed by atoms with Crippen LogP contribution in [0.25, 0.3) is 0 Å². The number of hydrogen-bond donors (Lipinski definition) is 3. The predicted molar refractivity (Wildman–Crippen MR) is 98.2 cm³/mol. The van der Waals surface area contributed by atoms with E-state index in [0.29, 0.717) is 19.5 Å². The lowest BCUT2D eigenvalue weighted by Crippen LogP contribution is -2.41. The van der Waals surface area contributed by atoms with Gasteiger partial charge in [0.1, 0.15) is 11.9 Å². The molecule has 2 atom stereocenters. The molecular weight excluding hydrogens is 322 g/mol. The fraction of sp³-hybridized carbons (Fsp3) is 0.833. The van der Waals surface area contributed by atoms with Crippen LogP contribution < -0.4 is 16.4 Å². The molecule has 0 aromatic carbocycles. The Morgan fingerprint density at radius 1 is 1.04 bits per heavy atom. The Bertz CT molecular complexity index is 408. The van der Waals surface area contributed by atoms with Crippen LogP contribution in [0.3, 0.4) is 0 Å². The van der Waals surface area contributed by atoms with E-state index in [0.717, 1.165) is 38.4 Å². The third-order valence-electron chi connectivity index (χ3n) is 3.56. The van der Waals surface area contributed by atoms with Crippen LogP contribution in [0, 0.1) is 5.92 Å². The normalized spacial score (nSPS) is 13.6. The number of hydrogen-bond acceptors (Lipinski definition) is 5. The van der Waals surface area contributed by atoms with Crippen LogP contribution in [0.4, 0.5) is 4.79 Å². The van der Waals surface area contributed by atoms with Gasteiger partial charge in [-0.25, -0.2) is 4.79 Å². The van der Waals surface area contributed by atoms with Gasteiger partial charge in [0.25, 0.3) is 0 Å². The van der Waals surface area contributed by atoms with Crippen LogP contribution in [0.1, 0.15) is 66.2 Å². The summed E-state index contributed by atoms with van der Waals surface area (Å²) in [5.74, 6) is -0.0733. The fourth-order valence-corrected chi connectivity index (χ4v) is 2.13. The average molecular weight is 357 g/mol. The first kappa shape index (κ1) is 23.4. The standard InChI is InChI=1S/C18H35N3O4/c1-14(13-22)9-5-7-11-20-16(23)15(19)10-6-8-12-21-17(24)25-18(2,3)4/h13-15H,5-12,19H2,1-4H3,(H,20,23)(H,21,24). The molecule has 0 bridgehead atoms. The summed E-state index contributed by atoms with van der Waals surface area (Å²) in [4.78, 5) is 33.8. The molecule has 0 heterocycles. The van der Waals surface area contributed by atoms with Crippen molar-refractivity contribution in [2.75, 3.05) is 13.1 Å². The third kappa shape index (κ3) is 14.4. The maximum absolute atomic E-state index is 11.8. The molecule has 0 rings (SSSR count). The summed E-state index contributed by atoms with van der Waals surface area (Å²) in [6.07, 6.45) is 5.18. The molecule has 0 saturated carbocycles. The number of nitrogens with two attached hydrogens (primary N) is 1. The first-order valence-electron chi connectivity index (χ1n) is 9.11. The van der Waals surface area contributed by atoms with Crippen LogP contribution in [-0.4, -0.2) is 43.0 Å². The summed E-state index contributed by atoms with van der Waals surface area (Å²) in [5.41, 5.74) is 5.35. The third-order valence-corrected chi connectivity index (χ3v) is 3.56. The molecule has 0 aliphatic heterocycles. The Balaban J connectivity index is 3.64. The second-order valence-corrected chi connectivity index (χ2v) is 7.43. The van der Waals surface area contributed by atoms with Gasteiger partial charge in [-0.2, -0.15) is 0 Å². The predicted octanol–water partition coefficient (Wildman–Crippen LogP) is 2.13. The molecule has 25 heavy (non-hydrogen) atoms. The molecular formula is C18H35N3O4. The van der Waals surface area contributed by atoms with Crippen molar-refractivity contribution in [3.8, 4) is 0 Å². The molecule has 0 aliphatic rings. The van der Waals surface area contributed by atoms with Crippen molar-refractivity contribution in [3.05, 3.63) is 0 Å². The zero-order chi connectivity index (χ0) is 19.3. The minimum atomic E-state index is -0.532. The summed E-state index contributed by atoms with van der Waals surface area (Å²) in [6.45, 7) is 8.41. The van der Waals surface area contributed by atoms with E-state index in [-0.39, 0.29) is 11.8 Å². The van der Waals surface area contributed by atoms with E-state index in [1.54, 1.807) is 0 Å². The van der Waals surface area contributed by atoms with Crippen molar-refractivity contribution in [1.82, 2.24) is 10.6 Å². The Labute approximate surface area is 151 Å². The van der Waals surface area contributed by atoms with E-state index in [1.807, 2.05) is 27.7 Å². The largest absolute Gasteiger partial charge is 0.444 e. The van der Waals surface area contributed by atoms with Crippen molar-refractivity contribution in [2.24, 2.45) is 11.7 Å². The molecule has 0 aliphatic carbocycles. The van der Waals surface area contributed by atoms with Gasteiger partial charge in [0.15, 0.2) is 0 Å². The Hall–Kier alpha value is -1.63. The van der Waals surface area contributed by atoms with Gasteiger partial charge in [-0.05, 0) is 52.9 Å². The van der Waals surface area contributed by atoms with Gasteiger partial charge in [0.05, 0.1) is 6.04 Å². The molecule has 0 radical (unpaired) electrons. The molecule has 0 fully saturated rings. The number of carbonyl (C=O) groups excluding carboxylic acids is 3. The van der Waals surface area contributed by atoms with Crippen LogP contribution in [0.15, 0.2) is 0 Å². The number of amides is 2. The van der Waals surface area contributed by atoms with Gasteiger partial charge < -0.3 is 25.9 Å². The summed E-state index contributed by atoms with van der Waals surface area (Å²) in [5, 5.41) is 5.49. The summed E-state index contributed by atoms with van der Waals surface area (Å²) in [7, 11) is 0. The molecule has 0 saturated heterocycles. The van der Waals surface area contributed by atoms with Crippen molar-refractivity contribution in [1.29, 1.82) is 0 Å². The summed E-state index contributed by atoms with van der Waals surface area (Å²) >= 11 is 0. The topological polar surface area (TPSA) is 111 Å². The Kier molecular flexibility index (Phi) is 11.9. The van der Waals surface area contributed by atoms with E-state index in [1.165, 1.54) is 0 Å². The Morgan fingerprint density at radius 2 is 1.60 bits per heavy atom. The SMILES string of the molecule is CC(C=O)CCCCNC(=O)C(N)CCCCNC(=O)OC(C)(C)C. The summed E-state index contributed by atoms with van der Waals surface area (Å²) in [6, 6.07) is -0.532. The maximum atomic E-state index is 11.8.